The van der Waals surface area contributed by atoms with Crippen molar-refractivity contribution in [2.24, 2.45) is 0 Å². The predicted molar refractivity (Wildman–Crippen MR) is 52.7 cm³/mol. The zero-order valence-corrected chi connectivity index (χ0v) is 7.80. The molecule has 0 aliphatic carbocycles. The van der Waals surface area contributed by atoms with Crippen LogP contribution in [0.4, 0.5) is 0 Å². The molecule has 1 N–H and O–H groups in total. The number of benzene rings is 1. The highest BCUT2D eigenvalue weighted by Crippen LogP contribution is 2.07. The molecule has 12 heavy (non-hydrogen) atoms. The van der Waals surface area contributed by atoms with Crippen molar-refractivity contribution in [3.05, 3.63) is 41.9 Å². The van der Waals surface area contributed by atoms with Gasteiger partial charge in [0.15, 0.2) is 0 Å². The van der Waals surface area contributed by atoms with Crippen LogP contribution in [0.25, 0.3) is 0 Å². The van der Waals surface area contributed by atoms with Crippen LogP contribution in [0.3, 0.4) is 0 Å². The van der Waals surface area contributed by atoms with Crippen LogP contribution in [0.5, 0.6) is 0 Å². The summed E-state index contributed by atoms with van der Waals surface area (Å²) in [6.07, 6.45) is 2.26. The van der Waals surface area contributed by atoms with Gasteiger partial charge in [0.2, 0.25) is 0 Å². The molecule has 1 radical (unpaired) electrons. The number of hydrogen-bond donors (Lipinski definition) is 1. The Balaban J connectivity index is 2.33. The minimum Gasteiger partial charge on any atom is -0.313 e. The summed E-state index contributed by atoms with van der Waals surface area (Å²) < 4.78 is 0. The summed E-state index contributed by atoms with van der Waals surface area (Å²) in [7, 11) is 1.97. The minimum atomic E-state index is 1.13. The molecule has 65 valence electrons. The predicted octanol–water partition coefficient (Wildman–Crippen LogP) is 2.39. The van der Waals surface area contributed by atoms with Crippen molar-refractivity contribution in [1.82, 2.24) is 5.32 Å². The molecule has 1 heteroatoms. The highest BCUT2D eigenvalue weighted by Gasteiger charge is 1.98. The number of nitrogens with one attached hydrogen (secondary N) is 1. The molecular weight excluding hydrogens is 146 g/mol. The van der Waals surface area contributed by atoms with Crippen molar-refractivity contribution in [2.75, 3.05) is 7.05 Å². The Bertz CT molecular complexity index is 206. The van der Waals surface area contributed by atoms with Crippen LogP contribution in [0.15, 0.2) is 30.3 Å². The summed E-state index contributed by atoms with van der Waals surface area (Å²) >= 11 is 0. The first-order valence-corrected chi connectivity index (χ1v) is 4.37. The van der Waals surface area contributed by atoms with Gasteiger partial charge in [-0.3, -0.25) is 0 Å². The lowest BCUT2D eigenvalue weighted by Gasteiger charge is -2.07. The molecule has 0 amide bonds. The molecule has 0 spiro atoms. The Labute approximate surface area is 74.8 Å². The molecule has 0 atom stereocenters. The van der Waals surface area contributed by atoms with Crippen molar-refractivity contribution in [1.29, 1.82) is 0 Å². The topological polar surface area (TPSA) is 12.0 Å². The maximum Gasteiger partial charge on any atom is 0.0333 e. The first-order chi connectivity index (χ1) is 5.83. The maximum absolute atomic E-state index is 3.15. The molecule has 0 aliphatic heterocycles. The lowest BCUT2D eigenvalue weighted by molar-refractivity contribution is 0.708. The van der Waals surface area contributed by atoms with E-state index >= 15 is 0 Å². The zero-order chi connectivity index (χ0) is 8.81. The molecule has 0 saturated carbocycles. The van der Waals surface area contributed by atoms with Crippen LogP contribution in [-0.2, 0) is 6.42 Å². The second-order valence-electron chi connectivity index (χ2n) is 3.02. The number of rotatable bonds is 4. The van der Waals surface area contributed by atoms with Gasteiger partial charge in [-0.15, -0.1) is 0 Å². The van der Waals surface area contributed by atoms with E-state index in [9.17, 15) is 0 Å². The fourth-order valence-corrected chi connectivity index (χ4v) is 1.10. The van der Waals surface area contributed by atoms with Crippen LogP contribution in [0.2, 0.25) is 0 Å². The Morgan fingerprint density at radius 1 is 1.25 bits per heavy atom. The number of aryl methyl sites for hydroxylation is 1. The molecule has 1 nitrogen and oxygen atoms in total. The van der Waals surface area contributed by atoms with Crippen LogP contribution in [0.1, 0.15) is 18.9 Å². The standard InChI is InChI=1S/C11H16N/c1-10(12-2)8-9-11-6-4-3-5-7-11/h3-7,12H,8-9H2,1-2H3. The Hall–Kier alpha value is -0.820. The quantitative estimate of drug-likeness (QED) is 0.716. The molecule has 0 aromatic heterocycles. The molecule has 0 unspecified atom stereocenters. The largest absolute Gasteiger partial charge is 0.313 e. The minimum absolute atomic E-state index is 1.13. The van der Waals surface area contributed by atoms with Gasteiger partial charge in [0, 0.05) is 6.04 Å². The van der Waals surface area contributed by atoms with Crippen molar-refractivity contribution < 1.29 is 0 Å². The van der Waals surface area contributed by atoms with E-state index in [0.29, 0.717) is 0 Å². The van der Waals surface area contributed by atoms with Crippen molar-refractivity contribution in [3.63, 3.8) is 0 Å². The number of hydrogen-bond acceptors (Lipinski definition) is 1. The van der Waals surface area contributed by atoms with E-state index in [-0.39, 0.29) is 0 Å². The summed E-state index contributed by atoms with van der Waals surface area (Å²) in [5.74, 6) is 0. The summed E-state index contributed by atoms with van der Waals surface area (Å²) in [4.78, 5) is 0. The monoisotopic (exact) mass is 162 g/mol. The highest BCUT2D eigenvalue weighted by molar-refractivity contribution is 5.15. The molecule has 0 bridgehead atoms. The van der Waals surface area contributed by atoms with Gasteiger partial charge in [0.25, 0.3) is 0 Å². The van der Waals surface area contributed by atoms with Crippen molar-refractivity contribution >= 4 is 0 Å². The fourth-order valence-electron chi connectivity index (χ4n) is 1.10. The Morgan fingerprint density at radius 2 is 1.92 bits per heavy atom. The zero-order valence-electron chi connectivity index (χ0n) is 7.80. The van der Waals surface area contributed by atoms with E-state index in [1.165, 1.54) is 11.6 Å². The van der Waals surface area contributed by atoms with E-state index < -0.39 is 0 Å². The van der Waals surface area contributed by atoms with E-state index in [0.717, 1.165) is 12.8 Å². The Morgan fingerprint density at radius 3 is 2.50 bits per heavy atom. The van der Waals surface area contributed by atoms with E-state index in [1.807, 2.05) is 7.05 Å². The van der Waals surface area contributed by atoms with Crippen LogP contribution in [0, 0.1) is 6.04 Å². The van der Waals surface area contributed by atoms with E-state index in [2.05, 4.69) is 42.6 Å². The van der Waals surface area contributed by atoms with Gasteiger partial charge in [0.1, 0.15) is 0 Å². The fraction of sp³-hybridized carbons (Fsp3) is 0.364. The van der Waals surface area contributed by atoms with Gasteiger partial charge in [-0.2, -0.15) is 0 Å². The normalized spacial score (nSPS) is 10.6. The third kappa shape index (κ3) is 3.05. The van der Waals surface area contributed by atoms with Crippen LogP contribution < -0.4 is 5.32 Å². The molecule has 1 aromatic carbocycles. The second kappa shape index (κ2) is 4.94. The molecule has 0 heterocycles. The average Bonchev–Trinajstić information content (AvgIpc) is 2.16. The molecule has 0 fully saturated rings. The first-order valence-electron chi connectivity index (χ1n) is 4.37. The van der Waals surface area contributed by atoms with Crippen molar-refractivity contribution in [2.45, 2.75) is 19.8 Å². The SMILES string of the molecule is CN[C](C)CCc1ccccc1. The lowest BCUT2D eigenvalue weighted by atomic mass is 10.1. The van der Waals surface area contributed by atoms with Crippen molar-refractivity contribution in [3.8, 4) is 0 Å². The van der Waals surface area contributed by atoms with E-state index in [1.54, 1.807) is 0 Å². The molecule has 0 saturated heterocycles. The summed E-state index contributed by atoms with van der Waals surface area (Å²) in [6.45, 7) is 2.13. The smallest absolute Gasteiger partial charge is 0.0333 e. The van der Waals surface area contributed by atoms with Gasteiger partial charge in [-0.1, -0.05) is 30.3 Å². The second-order valence-corrected chi connectivity index (χ2v) is 3.02. The van der Waals surface area contributed by atoms with Gasteiger partial charge in [0.05, 0.1) is 0 Å². The first kappa shape index (κ1) is 9.27. The highest BCUT2D eigenvalue weighted by atomic mass is 14.8. The molecule has 1 rings (SSSR count). The van der Waals surface area contributed by atoms with Crippen LogP contribution in [-0.4, -0.2) is 7.05 Å². The molecule has 1 aromatic rings. The summed E-state index contributed by atoms with van der Waals surface area (Å²) in [5.41, 5.74) is 1.41. The molecular formula is C11H16N. The Kier molecular flexibility index (Phi) is 3.81. The molecule has 0 aliphatic rings. The summed E-state index contributed by atoms with van der Waals surface area (Å²) in [5, 5.41) is 3.15. The van der Waals surface area contributed by atoms with Gasteiger partial charge >= 0.3 is 0 Å². The van der Waals surface area contributed by atoms with Gasteiger partial charge in [-0.05, 0) is 32.4 Å². The lowest BCUT2D eigenvalue weighted by Crippen LogP contribution is -2.12. The van der Waals surface area contributed by atoms with Crippen LogP contribution >= 0.6 is 0 Å². The summed E-state index contributed by atoms with van der Waals surface area (Å²) in [6, 6.07) is 11.9. The average molecular weight is 162 g/mol. The third-order valence-corrected chi connectivity index (χ3v) is 2.06. The van der Waals surface area contributed by atoms with E-state index in [4.69, 9.17) is 0 Å². The van der Waals surface area contributed by atoms with Gasteiger partial charge < -0.3 is 5.32 Å². The van der Waals surface area contributed by atoms with Gasteiger partial charge in [-0.25, -0.2) is 0 Å². The maximum atomic E-state index is 3.15. The third-order valence-electron chi connectivity index (χ3n) is 2.06.